The predicted octanol–water partition coefficient (Wildman–Crippen LogP) is 2.31. The molecule has 1 aromatic carbocycles. The molecule has 2 heterocycles. The van der Waals surface area contributed by atoms with Crippen molar-refractivity contribution in [3.8, 4) is 0 Å². The van der Waals surface area contributed by atoms with Gasteiger partial charge < -0.3 is 10.4 Å². The fourth-order valence-corrected chi connectivity index (χ4v) is 3.42. The number of urea groups is 1. The van der Waals surface area contributed by atoms with E-state index in [0.717, 1.165) is 24.1 Å². The summed E-state index contributed by atoms with van der Waals surface area (Å²) in [4.78, 5) is 18.4. The van der Waals surface area contributed by atoms with E-state index in [2.05, 4.69) is 22.4 Å². The van der Waals surface area contributed by atoms with Crippen LogP contribution < -0.4 is 10.2 Å². The fraction of sp³-hybridized carbons (Fsp3) is 0.294. The van der Waals surface area contributed by atoms with Crippen LogP contribution in [0.4, 0.5) is 16.2 Å². The first-order valence-corrected chi connectivity index (χ1v) is 7.52. The molecule has 2 amide bonds. The Kier molecular flexibility index (Phi) is 3.08. The maximum atomic E-state index is 12.6. The molecule has 5 nitrogen and oxygen atoms in total. The molecule has 1 unspecified atom stereocenters. The van der Waals surface area contributed by atoms with Gasteiger partial charge in [-0.25, -0.2) is 4.79 Å². The number of benzene rings is 1. The maximum absolute atomic E-state index is 12.6. The Hall–Kier alpha value is -2.40. The fourth-order valence-electron chi connectivity index (χ4n) is 3.42. The molecule has 5 heteroatoms. The summed E-state index contributed by atoms with van der Waals surface area (Å²) < 4.78 is 0. The van der Waals surface area contributed by atoms with E-state index in [1.54, 1.807) is 23.4 Å². The Morgan fingerprint density at radius 1 is 1.36 bits per heavy atom. The molecule has 0 saturated heterocycles. The summed E-state index contributed by atoms with van der Waals surface area (Å²) in [5, 5.41) is 12.4. The van der Waals surface area contributed by atoms with Crippen LogP contribution in [0.5, 0.6) is 0 Å². The number of carbonyl (C=O) groups is 1. The van der Waals surface area contributed by atoms with E-state index in [9.17, 15) is 9.90 Å². The highest BCUT2D eigenvalue weighted by molar-refractivity contribution is 6.04. The molecule has 0 radical (unpaired) electrons. The zero-order chi connectivity index (χ0) is 15.1. The number of nitrogens with zero attached hydrogens (tertiary/aromatic N) is 2. The van der Waals surface area contributed by atoms with Gasteiger partial charge in [-0.3, -0.25) is 9.88 Å². The van der Waals surface area contributed by atoms with E-state index in [4.69, 9.17) is 0 Å². The molecule has 1 atom stereocenters. The number of amides is 2. The first-order chi connectivity index (χ1) is 10.8. The molecule has 0 saturated carbocycles. The number of aliphatic hydroxyl groups is 1. The van der Waals surface area contributed by atoms with Gasteiger partial charge in [0.05, 0.1) is 24.2 Å². The van der Waals surface area contributed by atoms with Crippen LogP contribution in [0, 0.1) is 0 Å². The molecule has 1 aliphatic heterocycles. The van der Waals surface area contributed by atoms with Crippen LogP contribution in [0.1, 0.15) is 22.6 Å². The molecule has 112 valence electrons. The summed E-state index contributed by atoms with van der Waals surface area (Å²) >= 11 is 0. The minimum atomic E-state index is -0.135. The zero-order valence-electron chi connectivity index (χ0n) is 12.1. The van der Waals surface area contributed by atoms with E-state index >= 15 is 0 Å². The second-order valence-electron chi connectivity index (χ2n) is 5.80. The number of anilines is 2. The number of rotatable bonds is 2. The first-order valence-electron chi connectivity index (χ1n) is 7.52. The summed E-state index contributed by atoms with van der Waals surface area (Å²) in [6, 6.07) is 7.72. The number of fused-ring (bicyclic) bond motifs is 3. The topological polar surface area (TPSA) is 65.5 Å². The summed E-state index contributed by atoms with van der Waals surface area (Å²) in [5.74, 6) is 0.164. The van der Waals surface area contributed by atoms with E-state index in [1.807, 2.05) is 6.07 Å². The van der Waals surface area contributed by atoms with Crippen molar-refractivity contribution >= 4 is 17.4 Å². The van der Waals surface area contributed by atoms with Gasteiger partial charge in [-0.1, -0.05) is 12.1 Å². The van der Waals surface area contributed by atoms with Crippen LogP contribution in [0.15, 0.2) is 36.7 Å². The lowest BCUT2D eigenvalue weighted by atomic mass is 9.76. The lowest BCUT2D eigenvalue weighted by Crippen LogP contribution is -2.35. The van der Waals surface area contributed by atoms with Crippen molar-refractivity contribution < 1.29 is 9.90 Å². The Morgan fingerprint density at radius 3 is 3.00 bits per heavy atom. The molecule has 2 aromatic rings. The minimum Gasteiger partial charge on any atom is -0.396 e. The summed E-state index contributed by atoms with van der Waals surface area (Å²) in [5.41, 5.74) is 5.29. The number of hydrogen-bond acceptors (Lipinski definition) is 3. The number of aromatic nitrogens is 1. The normalized spacial score (nSPS) is 18.4. The molecular formula is C17H17N3O2. The first kappa shape index (κ1) is 13.3. The maximum Gasteiger partial charge on any atom is 0.326 e. The van der Waals surface area contributed by atoms with Crippen molar-refractivity contribution in [2.24, 2.45) is 0 Å². The SMILES string of the molecule is O=C(Nc1cccnc1)N1CCc2ccc3c(c21)C(CO)C3. The quantitative estimate of drug-likeness (QED) is 0.893. The summed E-state index contributed by atoms with van der Waals surface area (Å²) in [7, 11) is 0. The van der Waals surface area contributed by atoms with Crippen molar-refractivity contribution in [2.45, 2.75) is 18.8 Å². The van der Waals surface area contributed by atoms with Crippen LogP contribution in [-0.4, -0.2) is 29.3 Å². The monoisotopic (exact) mass is 295 g/mol. The number of pyridine rings is 1. The van der Waals surface area contributed by atoms with E-state index < -0.39 is 0 Å². The van der Waals surface area contributed by atoms with Gasteiger partial charge in [0.15, 0.2) is 0 Å². The second-order valence-corrected chi connectivity index (χ2v) is 5.80. The largest absolute Gasteiger partial charge is 0.396 e. The third kappa shape index (κ3) is 1.97. The van der Waals surface area contributed by atoms with Crippen molar-refractivity contribution in [3.63, 3.8) is 0 Å². The van der Waals surface area contributed by atoms with Crippen LogP contribution in [0.25, 0.3) is 0 Å². The van der Waals surface area contributed by atoms with E-state index in [-0.39, 0.29) is 18.6 Å². The van der Waals surface area contributed by atoms with Gasteiger partial charge in [0.1, 0.15) is 0 Å². The van der Waals surface area contributed by atoms with Gasteiger partial charge >= 0.3 is 6.03 Å². The molecule has 0 fully saturated rings. The lowest BCUT2D eigenvalue weighted by molar-refractivity contribution is 0.251. The average Bonchev–Trinajstić information content (AvgIpc) is 2.92. The standard InChI is InChI=1S/C17H17N3O2/c21-10-13-8-12-4-3-11-5-7-20(16(11)15(12)13)17(22)19-14-2-1-6-18-9-14/h1-4,6,9,13,21H,5,7-8,10H2,(H,19,22). The average molecular weight is 295 g/mol. The number of aliphatic hydroxyl groups excluding tert-OH is 1. The van der Waals surface area contributed by atoms with Gasteiger partial charge in [-0.2, -0.15) is 0 Å². The van der Waals surface area contributed by atoms with E-state index in [1.165, 1.54) is 11.1 Å². The number of nitrogens with one attached hydrogen (secondary N) is 1. The van der Waals surface area contributed by atoms with Crippen LogP contribution in [0.2, 0.25) is 0 Å². The third-order valence-corrected chi connectivity index (χ3v) is 4.52. The molecule has 2 N–H and O–H groups in total. The van der Waals surface area contributed by atoms with Gasteiger partial charge in [0, 0.05) is 18.7 Å². The molecule has 22 heavy (non-hydrogen) atoms. The second kappa shape index (κ2) is 5.10. The predicted molar refractivity (Wildman–Crippen MR) is 84.3 cm³/mol. The van der Waals surface area contributed by atoms with Crippen LogP contribution >= 0.6 is 0 Å². The van der Waals surface area contributed by atoms with Crippen molar-refractivity contribution in [3.05, 3.63) is 53.3 Å². The number of hydrogen-bond donors (Lipinski definition) is 2. The molecule has 0 bridgehead atoms. The highest BCUT2D eigenvalue weighted by Gasteiger charge is 2.36. The van der Waals surface area contributed by atoms with Gasteiger partial charge in [-0.15, -0.1) is 0 Å². The van der Waals surface area contributed by atoms with Crippen molar-refractivity contribution in [1.29, 1.82) is 0 Å². The van der Waals surface area contributed by atoms with E-state index in [0.29, 0.717) is 12.2 Å². The molecule has 1 aromatic heterocycles. The molecule has 2 aliphatic rings. The third-order valence-electron chi connectivity index (χ3n) is 4.52. The van der Waals surface area contributed by atoms with Gasteiger partial charge in [-0.05, 0) is 41.7 Å². The smallest absolute Gasteiger partial charge is 0.326 e. The summed E-state index contributed by atoms with van der Waals surface area (Å²) in [6.07, 6.45) is 5.07. The van der Waals surface area contributed by atoms with Gasteiger partial charge in [0.25, 0.3) is 0 Å². The highest BCUT2D eigenvalue weighted by atomic mass is 16.3. The van der Waals surface area contributed by atoms with Crippen LogP contribution in [0.3, 0.4) is 0 Å². The molecule has 1 aliphatic carbocycles. The zero-order valence-corrected chi connectivity index (χ0v) is 12.1. The van der Waals surface area contributed by atoms with Gasteiger partial charge in [0.2, 0.25) is 0 Å². The Morgan fingerprint density at radius 2 is 2.23 bits per heavy atom. The summed E-state index contributed by atoms with van der Waals surface area (Å²) in [6.45, 7) is 0.817. The van der Waals surface area contributed by atoms with Crippen molar-refractivity contribution in [1.82, 2.24) is 4.98 Å². The molecular weight excluding hydrogens is 278 g/mol. The number of carbonyl (C=O) groups excluding carboxylic acids is 1. The Bertz CT molecular complexity index is 730. The molecule has 4 rings (SSSR count). The minimum absolute atomic E-state index is 0.135. The van der Waals surface area contributed by atoms with Crippen molar-refractivity contribution in [2.75, 3.05) is 23.4 Å². The highest BCUT2D eigenvalue weighted by Crippen LogP contribution is 2.46. The molecule has 0 spiro atoms. The Labute approximate surface area is 128 Å². The Balaban J connectivity index is 1.65. The van der Waals surface area contributed by atoms with Crippen LogP contribution in [-0.2, 0) is 12.8 Å². The lowest BCUT2D eigenvalue weighted by Gasteiger charge is -2.33.